The van der Waals surface area contributed by atoms with Gasteiger partial charge in [-0.1, -0.05) is 211 Å². The highest BCUT2D eigenvalue weighted by Crippen LogP contribution is 2.30. The average Bonchev–Trinajstić information content (AvgIpc) is 3.38. The number of carbonyl (C=O) groups excluding carboxylic acids is 1. The highest BCUT2D eigenvalue weighted by Gasteiger charge is 2.51. The van der Waals surface area contributed by atoms with Crippen LogP contribution < -0.4 is 5.32 Å². The van der Waals surface area contributed by atoms with E-state index in [9.17, 15) is 45.6 Å². The molecule has 72 heavy (non-hydrogen) atoms. The lowest BCUT2D eigenvalue weighted by atomic mass is 9.97. The Kier molecular flexibility index (Phi) is 40.9. The number of carbonyl (C=O) groups is 1. The molecule has 2 saturated heterocycles. The fraction of sp³-hybridized carbons (Fsp3) is 0.879. The van der Waals surface area contributed by atoms with Crippen LogP contribution in [0.25, 0.3) is 0 Å². The van der Waals surface area contributed by atoms with Crippen molar-refractivity contribution in [3.05, 3.63) is 36.5 Å². The van der Waals surface area contributed by atoms with Gasteiger partial charge < -0.3 is 65.1 Å². The van der Waals surface area contributed by atoms with E-state index < -0.39 is 86.8 Å². The maximum atomic E-state index is 13.2. The lowest BCUT2D eigenvalue weighted by Gasteiger charge is -2.46. The Hall–Kier alpha value is -1.79. The molecule has 422 valence electrons. The maximum Gasteiger partial charge on any atom is 0.220 e. The minimum absolute atomic E-state index is 0.240. The minimum atomic E-state index is -1.79. The van der Waals surface area contributed by atoms with Crippen LogP contribution in [0.3, 0.4) is 0 Å². The van der Waals surface area contributed by atoms with Crippen molar-refractivity contribution in [3.63, 3.8) is 0 Å². The predicted molar refractivity (Wildman–Crippen MR) is 286 cm³/mol. The summed E-state index contributed by atoms with van der Waals surface area (Å²) in [5.41, 5.74) is 0. The van der Waals surface area contributed by atoms with Gasteiger partial charge in [-0.2, -0.15) is 0 Å². The van der Waals surface area contributed by atoms with Crippen molar-refractivity contribution in [1.29, 1.82) is 0 Å². The van der Waals surface area contributed by atoms with Gasteiger partial charge in [-0.3, -0.25) is 4.79 Å². The molecular weight excluding hydrogens is 919 g/mol. The van der Waals surface area contributed by atoms with Crippen LogP contribution in [0.4, 0.5) is 0 Å². The molecule has 0 spiro atoms. The molecule has 0 saturated carbocycles. The number of amides is 1. The first-order valence-electron chi connectivity index (χ1n) is 29.2. The molecule has 2 rings (SSSR count). The smallest absolute Gasteiger partial charge is 0.220 e. The van der Waals surface area contributed by atoms with Gasteiger partial charge in [0.15, 0.2) is 12.6 Å². The third-order valence-electron chi connectivity index (χ3n) is 14.3. The van der Waals surface area contributed by atoms with E-state index in [0.717, 1.165) is 44.9 Å². The molecule has 0 aromatic carbocycles. The van der Waals surface area contributed by atoms with E-state index in [1.807, 2.05) is 6.08 Å². The molecule has 9 N–H and O–H groups in total. The normalized spacial score (nSPS) is 25.8. The number of allylic oxidation sites excluding steroid dienone is 5. The summed E-state index contributed by atoms with van der Waals surface area (Å²) in [5, 5.41) is 86.9. The molecule has 14 nitrogen and oxygen atoms in total. The summed E-state index contributed by atoms with van der Waals surface area (Å²) in [5.74, 6) is -0.240. The predicted octanol–water partition coefficient (Wildman–Crippen LogP) is 9.44. The second-order valence-electron chi connectivity index (χ2n) is 20.8. The summed E-state index contributed by atoms with van der Waals surface area (Å²) in [6.45, 7) is 2.77. The van der Waals surface area contributed by atoms with E-state index in [0.29, 0.717) is 6.42 Å². The van der Waals surface area contributed by atoms with Gasteiger partial charge in [0.1, 0.15) is 48.8 Å². The van der Waals surface area contributed by atoms with Gasteiger partial charge in [0, 0.05) is 6.42 Å². The van der Waals surface area contributed by atoms with Crippen molar-refractivity contribution in [2.45, 2.75) is 306 Å². The molecule has 0 aliphatic carbocycles. The fourth-order valence-electron chi connectivity index (χ4n) is 9.56. The second kappa shape index (κ2) is 44.3. The van der Waals surface area contributed by atoms with Gasteiger partial charge in [0.2, 0.25) is 5.91 Å². The highest BCUT2D eigenvalue weighted by atomic mass is 16.7. The van der Waals surface area contributed by atoms with Crippen LogP contribution in [0.1, 0.15) is 232 Å². The molecule has 2 heterocycles. The molecule has 1 amide bonds. The van der Waals surface area contributed by atoms with E-state index in [4.69, 9.17) is 18.9 Å². The molecule has 2 aliphatic rings. The van der Waals surface area contributed by atoms with Crippen LogP contribution in [0.15, 0.2) is 36.5 Å². The Morgan fingerprint density at radius 2 is 0.917 bits per heavy atom. The van der Waals surface area contributed by atoms with Gasteiger partial charge in [-0.15, -0.1) is 0 Å². The Bertz CT molecular complexity index is 1350. The van der Waals surface area contributed by atoms with Crippen molar-refractivity contribution >= 4 is 5.91 Å². The van der Waals surface area contributed by atoms with Gasteiger partial charge >= 0.3 is 0 Å². The summed E-state index contributed by atoms with van der Waals surface area (Å²) in [6.07, 6.45) is 36.3. The number of hydrogen-bond donors (Lipinski definition) is 9. The Balaban J connectivity index is 1.69. The molecule has 2 fully saturated rings. The monoisotopic (exact) mass is 1030 g/mol. The first-order chi connectivity index (χ1) is 35.1. The first-order valence-corrected chi connectivity index (χ1v) is 29.2. The molecule has 0 aromatic heterocycles. The van der Waals surface area contributed by atoms with E-state index >= 15 is 0 Å². The Morgan fingerprint density at radius 3 is 1.39 bits per heavy atom. The van der Waals surface area contributed by atoms with E-state index in [1.54, 1.807) is 6.08 Å². The molecule has 14 heteroatoms. The molecule has 0 aromatic rings. The third-order valence-corrected chi connectivity index (χ3v) is 14.3. The van der Waals surface area contributed by atoms with Gasteiger partial charge in [-0.25, -0.2) is 0 Å². The highest BCUT2D eigenvalue weighted by molar-refractivity contribution is 5.76. The number of rotatable bonds is 46. The van der Waals surface area contributed by atoms with Gasteiger partial charge in [0.25, 0.3) is 0 Å². The molecule has 0 bridgehead atoms. The Morgan fingerprint density at radius 1 is 0.500 bits per heavy atom. The lowest BCUT2D eigenvalue weighted by molar-refractivity contribution is -0.359. The first kappa shape index (κ1) is 66.3. The summed E-state index contributed by atoms with van der Waals surface area (Å²) >= 11 is 0. The maximum absolute atomic E-state index is 13.2. The van der Waals surface area contributed by atoms with Crippen LogP contribution >= 0.6 is 0 Å². The number of nitrogens with one attached hydrogen (secondary N) is 1. The number of ether oxygens (including phenoxy) is 4. The zero-order valence-electron chi connectivity index (χ0n) is 45.2. The van der Waals surface area contributed by atoms with E-state index in [2.05, 4.69) is 43.5 Å². The van der Waals surface area contributed by atoms with Crippen LogP contribution in [-0.4, -0.2) is 140 Å². The average molecular weight is 1030 g/mol. The molecule has 0 radical (unpaired) electrons. The van der Waals surface area contributed by atoms with Crippen molar-refractivity contribution in [1.82, 2.24) is 5.32 Å². The van der Waals surface area contributed by atoms with Crippen molar-refractivity contribution in [2.24, 2.45) is 0 Å². The third kappa shape index (κ3) is 30.1. The topological polar surface area (TPSA) is 228 Å². The summed E-state index contributed by atoms with van der Waals surface area (Å²) in [6, 6.07) is -0.912. The molecule has 12 unspecified atom stereocenters. The van der Waals surface area contributed by atoms with E-state index in [1.165, 1.54) is 161 Å². The lowest BCUT2D eigenvalue weighted by Crippen LogP contribution is -2.65. The standard InChI is InChI=1S/C58H107NO13/c1-3-5-7-9-11-13-15-16-17-18-19-20-21-22-23-24-25-26-27-28-29-30-32-34-36-38-40-42-50(63)59-46(47(62)41-39-37-35-33-31-14-12-10-8-6-4-2)45-69-57-55(68)53(66)56(49(44-61)71-57)72-58-54(67)52(65)51(64)48(43-60)70-58/h15-16,18-19,39,41,46-49,51-58,60-62,64-68H,3-14,17,20-38,40,42-45H2,1-2H3,(H,59,63)/b16-15-,19-18-,41-39+. The van der Waals surface area contributed by atoms with Crippen LogP contribution in [-0.2, 0) is 23.7 Å². The SMILES string of the molecule is CCCCCCC/C=C\C/C=C\CCCCCCCCCCCCCCCCCC(=O)NC(COC1OC(CO)C(OC2OC(CO)C(O)C(O)C2O)C(O)C1O)C(O)/C=C/CCCCCCCCCCC. The second-order valence-corrected chi connectivity index (χ2v) is 20.8. The number of aliphatic hydroxyl groups is 8. The van der Waals surface area contributed by atoms with Crippen molar-refractivity contribution in [2.75, 3.05) is 19.8 Å². The van der Waals surface area contributed by atoms with Crippen molar-refractivity contribution < 1.29 is 64.6 Å². The molecule has 12 atom stereocenters. The zero-order valence-corrected chi connectivity index (χ0v) is 45.2. The quantitative estimate of drug-likeness (QED) is 0.0205. The Labute approximate surface area is 436 Å². The van der Waals surface area contributed by atoms with Crippen LogP contribution in [0, 0.1) is 0 Å². The summed E-state index contributed by atoms with van der Waals surface area (Å²) in [7, 11) is 0. The minimum Gasteiger partial charge on any atom is -0.394 e. The summed E-state index contributed by atoms with van der Waals surface area (Å²) < 4.78 is 22.7. The summed E-state index contributed by atoms with van der Waals surface area (Å²) in [4.78, 5) is 13.2. The van der Waals surface area contributed by atoms with Gasteiger partial charge in [0.05, 0.1) is 32.0 Å². The fourth-order valence-corrected chi connectivity index (χ4v) is 9.56. The number of aliphatic hydroxyl groups excluding tert-OH is 8. The number of hydrogen-bond acceptors (Lipinski definition) is 13. The molecular formula is C58H107NO13. The molecule has 2 aliphatic heterocycles. The zero-order chi connectivity index (χ0) is 52.4. The largest absolute Gasteiger partial charge is 0.394 e. The van der Waals surface area contributed by atoms with Crippen LogP contribution in [0.2, 0.25) is 0 Å². The van der Waals surface area contributed by atoms with Crippen molar-refractivity contribution in [3.8, 4) is 0 Å². The number of unbranched alkanes of at least 4 members (excludes halogenated alkanes) is 29. The van der Waals surface area contributed by atoms with Crippen LogP contribution in [0.5, 0.6) is 0 Å². The van der Waals surface area contributed by atoms with Gasteiger partial charge in [-0.05, 0) is 51.4 Å². The van der Waals surface area contributed by atoms with E-state index in [-0.39, 0.29) is 18.9 Å².